The number of nitrogens with zero attached hydrogens (tertiary/aromatic N) is 2. The van der Waals surface area contributed by atoms with E-state index >= 15 is 0 Å². The highest BCUT2D eigenvalue weighted by molar-refractivity contribution is 6.06. The van der Waals surface area contributed by atoms with Crippen molar-refractivity contribution < 1.29 is 23.9 Å². The number of benzene rings is 1. The van der Waals surface area contributed by atoms with Crippen LogP contribution in [0.2, 0.25) is 0 Å². The molecule has 0 aromatic heterocycles. The molecule has 0 radical (unpaired) electrons. The molecule has 8 nitrogen and oxygen atoms in total. The Balaban J connectivity index is 1.52. The number of ether oxygens (including phenoxy) is 1. The third-order valence-electron chi connectivity index (χ3n) is 5.63. The van der Waals surface area contributed by atoms with Crippen molar-refractivity contribution in [2.75, 3.05) is 11.9 Å². The number of fused-ring (bicyclic) bond motifs is 1. The van der Waals surface area contributed by atoms with Gasteiger partial charge in [-0.05, 0) is 58.1 Å². The number of nitrogens with one attached hydrogen (secondary N) is 1. The summed E-state index contributed by atoms with van der Waals surface area (Å²) in [6.45, 7) is 5.99. The molecule has 0 spiro atoms. The Morgan fingerprint density at radius 1 is 1.17 bits per heavy atom. The first kappa shape index (κ1) is 20.4. The molecular formula is C22H27N3O5. The molecule has 1 saturated carbocycles. The summed E-state index contributed by atoms with van der Waals surface area (Å²) in [6, 6.07) is 4.44. The Labute approximate surface area is 175 Å². The second-order valence-corrected chi connectivity index (χ2v) is 9.23. The van der Waals surface area contributed by atoms with Gasteiger partial charge >= 0.3 is 6.09 Å². The van der Waals surface area contributed by atoms with Gasteiger partial charge in [-0.2, -0.15) is 0 Å². The number of imide groups is 1. The van der Waals surface area contributed by atoms with E-state index < -0.39 is 17.7 Å². The summed E-state index contributed by atoms with van der Waals surface area (Å²) in [5.41, 5.74) is 0.969. The molecule has 1 unspecified atom stereocenters. The van der Waals surface area contributed by atoms with Gasteiger partial charge in [0.25, 0.3) is 11.8 Å². The number of piperidine rings is 1. The maximum Gasteiger partial charge on any atom is 0.412 e. The van der Waals surface area contributed by atoms with Crippen LogP contribution in [0, 0.1) is 5.92 Å². The molecule has 30 heavy (non-hydrogen) atoms. The average Bonchev–Trinajstić information content (AvgIpc) is 3.41. The zero-order chi connectivity index (χ0) is 21.6. The van der Waals surface area contributed by atoms with E-state index in [0.29, 0.717) is 35.7 Å². The lowest BCUT2D eigenvalue weighted by atomic mass is 10.0. The molecule has 2 heterocycles. The molecule has 1 aromatic rings. The molecule has 160 valence electrons. The fourth-order valence-electron chi connectivity index (χ4n) is 4.00. The van der Waals surface area contributed by atoms with Crippen LogP contribution >= 0.6 is 0 Å². The fourth-order valence-corrected chi connectivity index (χ4v) is 4.00. The Morgan fingerprint density at radius 3 is 2.57 bits per heavy atom. The molecule has 2 aliphatic heterocycles. The summed E-state index contributed by atoms with van der Waals surface area (Å²) in [7, 11) is 0. The number of hydrogen-bond donors (Lipinski definition) is 1. The fraction of sp³-hybridized carbons (Fsp3) is 0.545. The van der Waals surface area contributed by atoms with Gasteiger partial charge < -0.3 is 9.64 Å². The van der Waals surface area contributed by atoms with Crippen LogP contribution in [0.25, 0.3) is 0 Å². The monoisotopic (exact) mass is 413 g/mol. The number of likely N-dealkylation sites (tertiary alicyclic amines) is 1. The van der Waals surface area contributed by atoms with Crippen molar-refractivity contribution in [1.82, 2.24) is 9.80 Å². The van der Waals surface area contributed by atoms with Crippen molar-refractivity contribution in [2.24, 2.45) is 5.92 Å². The topological polar surface area (TPSA) is 96.0 Å². The molecule has 4 rings (SSSR count). The van der Waals surface area contributed by atoms with Crippen molar-refractivity contribution in [3.8, 4) is 0 Å². The number of amides is 4. The van der Waals surface area contributed by atoms with Crippen molar-refractivity contribution in [3.05, 3.63) is 29.3 Å². The molecule has 3 aliphatic rings. The lowest BCUT2D eigenvalue weighted by Crippen LogP contribution is -2.55. The molecule has 1 aliphatic carbocycles. The van der Waals surface area contributed by atoms with Crippen molar-refractivity contribution >= 4 is 29.5 Å². The van der Waals surface area contributed by atoms with Gasteiger partial charge in [0, 0.05) is 36.3 Å². The predicted molar refractivity (Wildman–Crippen MR) is 109 cm³/mol. The number of carbonyl (C=O) groups is 4. The van der Waals surface area contributed by atoms with Gasteiger partial charge in [-0.1, -0.05) is 6.07 Å². The number of carbonyl (C=O) groups excluding carboxylic acids is 4. The lowest BCUT2D eigenvalue weighted by molar-refractivity contribution is -0.152. The van der Waals surface area contributed by atoms with E-state index in [1.165, 1.54) is 9.80 Å². The maximum absolute atomic E-state index is 13.1. The van der Waals surface area contributed by atoms with Crippen LogP contribution in [0.5, 0.6) is 0 Å². The Kier molecular flexibility index (Phi) is 5.03. The molecule has 8 heteroatoms. The number of hydrogen-bond acceptors (Lipinski definition) is 5. The van der Waals surface area contributed by atoms with Crippen molar-refractivity contribution in [3.63, 3.8) is 0 Å². The third-order valence-corrected chi connectivity index (χ3v) is 5.63. The summed E-state index contributed by atoms with van der Waals surface area (Å²) in [6.07, 6.45) is 2.06. The van der Waals surface area contributed by atoms with Crippen LogP contribution in [-0.4, -0.2) is 51.8 Å². The molecule has 1 atom stereocenters. The van der Waals surface area contributed by atoms with Crippen LogP contribution in [-0.2, 0) is 20.9 Å². The van der Waals surface area contributed by atoms with Crippen LogP contribution in [0.1, 0.15) is 62.4 Å². The Bertz CT molecular complexity index is 916. The minimum atomic E-state index is -0.657. The maximum atomic E-state index is 13.1. The van der Waals surface area contributed by atoms with Crippen LogP contribution in [0.3, 0.4) is 0 Å². The molecule has 1 saturated heterocycles. The summed E-state index contributed by atoms with van der Waals surface area (Å²) >= 11 is 0. The summed E-state index contributed by atoms with van der Waals surface area (Å²) in [5, 5.41) is 2.71. The van der Waals surface area contributed by atoms with E-state index in [0.717, 1.165) is 12.8 Å². The molecule has 2 fully saturated rings. The van der Waals surface area contributed by atoms with Gasteiger partial charge in [0.1, 0.15) is 11.6 Å². The Hall–Kier alpha value is -2.90. The van der Waals surface area contributed by atoms with Crippen molar-refractivity contribution in [2.45, 2.75) is 64.6 Å². The van der Waals surface area contributed by atoms with E-state index in [1.54, 1.807) is 39.0 Å². The summed E-state index contributed by atoms with van der Waals surface area (Å²) < 4.78 is 5.31. The molecular weight excluding hydrogens is 386 g/mol. The Morgan fingerprint density at radius 2 is 1.90 bits per heavy atom. The first-order chi connectivity index (χ1) is 14.1. The lowest BCUT2D eigenvalue weighted by Gasteiger charge is -2.35. The smallest absolute Gasteiger partial charge is 0.412 e. The van der Waals surface area contributed by atoms with Gasteiger partial charge in [0.05, 0.1) is 0 Å². The van der Waals surface area contributed by atoms with E-state index in [2.05, 4.69) is 5.32 Å². The highest BCUT2D eigenvalue weighted by atomic mass is 16.6. The molecule has 1 aromatic carbocycles. The highest BCUT2D eigenvalue weighted by Gasteiger charge is 2.44. The van der Waals surface area contributed by atoms with Gasteiger partial charge in [0.15, 0.2) is 0 Å². The standard InChI is InChI=1S/C22H27N3O5/c1-22(2,3)30-21(29)23-16-6-4-5-14-15(16)12-24(19(14)27)17-9-10-18(26)25(20(17)28)11-13-7-8-13/h4-6,13,17H,7-12H2,1-3H3,(H,23,29). The van der Waals surface area contributed by atoms with E-state index in [9.17, 15) is 19.2 Å². The first-order valence-electron chi connectivity index (χ1n) is 10.4. The van der Waals surface area contributed by atoms with E-state index in [4.69, 9.17) is 4.74 Å². The SMILES string of the molecule is CC(C)(C)OC(=O)Nc1cccc2c1CN(C1CCC(=O)N(CC3CC3)C1=O)C2=O. The average molecular weight is 413 g/mol. The minimum absolute atomic E-state index is 0.153. The van der Waals surface area contributed by atoms with Gasteiger partial charge in [0.2, 0.25) is 5.91 Å². The highest BCUT2D eigenvalue weighted by Crippen LogP contribution is 2.35. The van der Waals surface area contributed by atoms with Crippen LogP contribution in [0.15, 0.2) is 18.2 Å². The third kappa shape index (κ3) is 4.04. The molecule has 1 N–H and O–H groups in total. The number of anilines is 1. The molecule has 0 bridgehead atoms. The van der Waals surface area contributed by atoms with E-state index in [-0.39, 0.29) is 30.7 Å². The zero-order valence-electron chi connectivity index (χ0n) is 17.6. The second-order valence-electron chi connectivity index (χ2n) is 9.23. The van der Waals surface area contributed by atoms with Gasteiger partial charge in [-0.15, -0.1) is 0 Å². The number of rotatable bonds is 4. The zero-order valence-corrected chi connectivity index (χ0v) is 17.6. The van der Waals surface area contributed by atoms with Gasteiger partial charge in [-0.3, -0.25) is 24.6 Å². The van der Waals surface area contributed by atoms with Crippen molar-refractivity contribution in [1.29, 1.82) is 0 Å². The van der Waals surface area contributed by atoms with Crippen LogP contribution in [0.4, 0.5) is 10.5 Å². The summed E-state index contributed by atoms with van der Waals surface area (Å²) in [5.74, 6) is -0.301. The second kappa shape index (κ2) is 7.41. The molecule has 4 amide bonds. The van der Waals surface area contributed by atoms with Gasteiger partial charge in [-0.25, -0.2) is 4.79 Å². The summed E-state index contributed by atoms with van der Waals surface area (Å²) in [4.78, 5) is 53.4. The predicted octanol–water partition coefficient (Wildman–Crippen LogP) is 2.92. The van der Waals surface area contributed by atoms with Crippen LogP contribution < -0.4 is 5.32 Å². The first-order valence-corrected chi connectivity index (χ1v) is 10.4. The quantitative estimate of drug-likeness (QED) is 0.766. The minimum Gasteiger partial charge on any atom is -0.444 e. The normalized spacial score (nSPS) is 21.7. The largest absolute Gasteiger partial charge is 0.444 e. The van der Waals surface area contributed by atoms with E-state index in [1.807, 2.05) is 0 Å².